The first kappa shape index (κ1) is 16.5. The van der Waals surface area contributed by atoms with E-state index < -0.39 is 12.3 Å². The molecule has 0 aliphatic carbocycles. The maximum atomic E-state index is 12.9. The Balaban J connectivity index is 2.83. The van der Waals surface area contributed by atoms with Crippen LogP contribution in [-0.4, -0.2) is 17.4 Å². The Kier molecular flexibility index (Phi) is 4.79. The molecule has 1 rings (SSSR count). The summed E-state index contributed by atoms with van der Waals surface area (Å²) in [4.78, 5) is 10.4. The van der Waals surface area contributed by atoms with Crippen LogP contribution in [0, 0.1) is 5.41 Å². The summed E-state index contributed by atoms with van der Waals surface area (Å²) in [5.41, 5.74) is 1.30. The number of hydrogen-bond acceptors (Lipinski definition) is 2. The molecule has 0 fully saturated rings. The highest BCUT2D eigenvalue weighted by Crippen LogP contribution is 2.36. The standard InChI is InChI=1S/C16H23FO3/c1-15(2,3)10-16(4,5)11-6-8-12(9-7-11)20-13(17)14(18)19/h6-9,13H,10H2,1-5H3,(H,18,19). The van der Waals surface area contributed by atoms with Crippen molar-refractivity contribution < 1.29 is 19.0 Å². The van der Waals surface area contributed by atoms with Crippen LogP contribution < -0.4 is 4.74 Å². The molecule has 0 bridgehead atoms. The van der Waals surface area contributed by atoms with Gasteiger partial charge in [-0.2, -0.15) is 4.39 Å². The van der Waals surface area contributed by atoms with Crippen molar-refractivity contribution in [1.29, 1.82) is 0 Å². The quantitative estimate of drug-likeness (QED) is 0.882. The van der Waals surface area contributed by atoms with E-state index in [1.165, 1.54) is 0 Å². The molecule has 0 spiro atoms. The van der Waals surface area contributed by atoms with E-state index in [0.29, 0.717) is 0 Å². The highest BCUT2D eigenvalue weighted by molar-refractivity contribution is 5.70. The average molecular weight is 282 g/mol. The lowest BCUT2D eigenvalue weighted by atomic mass is 9.72. The molecule has 0 radical (unpaired) electrons. The molecule has 0 aliphatic rings. The van der Waals surface area contributed by atoms with Gasteiger partial charge in [-0.25, -0.2) is 4.79 Å². The lowest BCUT2D eigenvalue weighted by Crippen LogP contribution is -2.25. The summed E-state index contributed by atoms with van der Waals surface area (Å²) in [7, 11) is 0. The molecule has 20 heavy (non-hydrogen) atoms. The van der Waals surface area contributed by atoms with E-state index >= 15 is 0 Å². The molecule has 0 amide bonds. The minimum absolute atomic E-state index is 0.0152. The second-order valence-electron chi connectivity index (χ2n) is 6.92. The van der Waals surface area contributed by atoms with Crippen molar-refractivity contribution in [2.45, 2.75) is 52.8 Å². The lowest BCUT2D eigenvalue weighted by molar-refractivity contribution is -0.153. The van der Waals surface area contributed by atoms with E-state index in [0.717, 1.165) is 12.0 Å². The Hall–Kier alpha value is -1.58. The van der Waals surface area contributed by atoms with E-state index in [2.05, 4.69) is 39.4 Å². The molecule has 1 aromatic rings. The number of benzene rings is 1. The first-order chi connectivity index (χ1) is 9.01. The SMILES string of the molecule is CC(C)(C)CC(C)(C)c1ccc(OC(F)C(=O)O)cc1. The van der Waals surface area contributed by atoms with Gasteiger partial charge >= 0.3 is 12.3 Å². The minimum Gasteiger partial charge on any atom is -0.476 e. The number of carboxylic acid groups (broad SMARTS) is 1. The summed E-state index contributed by atoms with van der Waals surface area (Å²) >= 11 is 0. The highest BCUT2D eigenvalue weighted by Gasteiger charge is 2.27. The van der Waals surface area contributed by atoms with Crippen LogP contribution in [0.3, 0.4) is 0 Å². The third-order valence-electron chi connectivity index (χ3n) is 3.04. The van der Waals surface area contributed by atoms with Crippen LogP contribution in [0.1, 0.15) is 46.6 Å². The Morgan fingerprint density at radius 3 is 2.10 bits per heavy atom. The zero-order valence-electron chi connectivity index (χ0n) is 12.7. The van der Waals surface area contributed by atoms with Crippen LogP contribution in [0.5, 0.6) is 5.75 Å². The maximum absolute atomic E-state index is 12.9. The van der Waals surface area contributed by atoms with Gasteiger partial charge in [0, 0.05) is 0 Å². The second kappa shape index (κ2) is 5.81. The number of rotatable bonds is 5. The molecule has 0 saturated heterocycles. The third-order valence-corrected chi connectivity index (χ3v) is 3.04. The molecule has 1 atom stereocenters. The number of ether oxygens (including phenoxy) is 1. The topological polar surface area (TPSA) is 46.5 Å². The van der Waals surface area contributed by atoms with Gasteiger partial charge < -0.3 is 9.84 Å². The number of hydrogen-bond donors (Lipinski definition) is 1. The molecule has 0 heterocycles. The third kappa shape index (κ3) is 4.83. The second-order valence-corrected chi connectivity index (χ2v) is 6.92. The van der Waals surface area contributed by atoms with Gasteiger partial charge in [-0.05, 0) is 34.9 Å². The van der Waals surface area contributed by atoms with E-state index in [9.17, 15) is 9.18 Å². The summed E-state index contributed by atoms with van der Waals surface area (Å²) in [6.45, 7) is 10.9. The van der Waals surface area contributed by atoms with Crippen molar-refractivity contribution in [3.05, 3.63) is 29.8 Å². The zero-order chi connectivity index (χ0) is 15.6. The number of halogens is 1. The van der Waals surface area contributed by atoms with Crippen molar-refractivity contribution in [2.24, 2.45) is 5.41 Å². The summed E-state index contributed by atoms with van der Waals surface area (Å²) in [5, 5.41) is 8.45. The van der Waals surface area contributed by atoms with Crippen LogP contribution in [0.2, 0.25) is 0 Å². The Morgan fingerprint density at radius 2 is 1.70 bits per heavy atom. The molecule has 1 aromatic carbocycles. The van der Waals surface area contributed by atoms with Crippen molar-refractivity contribution in [2.75, 3.05) is 0 Å². The van der Waals surface area contributed by atoms with Crippen molar-refractivity contribution >= 4 is 5.97 Å². The van der Waals surface area contributed by atoms with Gasteiger partial charge in [0.2, 0.25) is 0 Å². The number of aliphatic carboxylic acids is 1. The molecule has 112 valence electrons. The number of alkyl halides is 1. The summed E-state index contributed by atoms with van der Waals surface area (Å²) in [6, 6.07) is 6.93. The van der Waals surface area contributed by atoms with Gasteiger partial charge in [-0.1, -0.05) is 46.8 Å². The largest absolute Gasteiger partial charge is 0.476 e. The molecular formula is C16H23FO3. The predicted octanol–water partition coefficient (Wildman–Crippen LogP) is 4.16. The smallest absolute Gasteiger partial charge is 0.378 e. The van der Waals surface area contributed by atoms with Gasteiger partial charge in [0.15, 0.2) is 0 Å². The lowest BCUT2D eigenvalue weighted by Gasteiger charge is -2.33. The highest BCUT2D eigenvalue weighted by atomic mass is 19.1. The van der Waals surface area contributed by atoms with Gasteiger partial charge in [-0.3, -0.25) is 0 Å². The van der Waals surface area contributed by atoms with E-state index in [1.807, 2.05) is 12.1 Å². The van der Waals surface area contributed by atoms with Crippen molar-refractivity contribution in [1.82, 2.24) is 0 Å². The van der Waals surface area contributed by atoms with Crippen molar-refractivity contribution in [3.63, 3.8) is 0 Å². The Morgan fingerprint density at radius 1 is 1.20 bits per heavy atom. The number of carboxylic acids is 1. The Labute approximate surface area is 119 Å². The Bertz CT molecular complexity index is 458. The van der Waals surface area contributed by atoms with E-state index in [-0.39, 0.29) is 16.6 Å². The fourth-order valence-corrected chi connectivity index (χ4v) is 2.58. The number of carbonyl (C=O) groups is 1. The molecule has 0 aromatic heterocycles. The van der Waals surface area contributed by atoms with Gasteiger partial charge in [0.05, 0.1) is 0 Å². The van der Waals surface area contributed by atoms with E-state index in [1.54, 1.807) is 12.1 Å². The first-order valence-corrected chi connectivity index (χ1v) is 6.65. The van der Waals surface area contributed by atoms with Crippen LogP contribution in [0.15, 0.2) is 24.3 Å². The first-order valence-electron chi connectivity index (χ1n) is 6.65. The maximum Gasteiger partial charge on any atom is 0.378 e. The van der Waals surface area contributed by atoms with Gasteiger partial charge in [-0.15, -0.1) is 0 Å². The normalized spacial score (nSPS) is 13.9. The fourth-order valence-electron chi connectivity index (χ4n) is 2.58. The molecule has 3 nitrogen and oxygen atoms in total. The molecule has 4 heteroatoms. The van der Waals surface area contributed by atoms with Gasteiger partial charge in [0.1, 0.15) is 5.75 Å². The van der Waals surface area contributed by atoms with Crippen LogP contribution in [-0.2, 0) is 10.2 Å². The van der Waals surface area contributed by atoms with E-state index in [4.69, 9.17) is 5.11 Å². The summed E-state index contributed by atoms with van der Waals surface area (Å²) in [6.07, 6.45) is -1.33. The van der Waals surface area contributed by atoms with Crippen molar-refractivity contribution in [3.8, 4) is 5.75 Å². The minimum atomic E-state index is -2.33. The van der Waals surface area contributed by atoms with Gasteiger partial charge in [0.25, 0.3) is 0 Å². The average Bonchev–Trinajstić information content (AvgIpc) is 2.26. The molecule has 0 saturated carbocycles. The molecule has 1 N–H and O–H groups in total. The predicted molar refractivity (Wildman–Crippen MR) is 76.7 cm³/mol. The molecule has 0 aliphatic heterocycles. The zero-order valence-corrected chi connectivity index (χ0v) is 12.7. The van der Waals surface area contributed by atoms with Crippen LogP contribution in [0.4, 0.5) is 4.39 Å². The van der Waals surface area contributed by atoms with Crippen LogP contribution in [0.25, 0.3) is 0 Å². The molecule has 1 unspecified atom stereocenters. The molecular weight excluding hydrogens is 259 g/mol. The monoisotopic (exact) mass is 282 g/mol. The summed E-state index contributed by atoms with van der Waals surface area (Å²) in [5.74, 6) is -1.41. The summed E-state index contributed by atoms with van der Waals surface area (Å²) < 4.78 is 17.6. The van der Waals surface area contributed by atoms with Crippen LogP contribution >= 0.6 is 0 Å². The fraction of sp³-hybridized carbons (Fsp3) is 0.562.